The number of carbonyl (C=O) groups is 3. The molecule has 1 heterocycles. The molecule has 0 atom stereocenters. The second-order valence-electron chi connectivity index (χ2n) is 5.01. The number of halogens is 1. The summed E-state index contributed by atoms with van der Waals surface area (Å²) >= 11 is 0. The summed E-state index contributed by atoms with van der Waals surface area (Å²) in [6, 6.07) is 9.10. The molecule has 0 saturated carbocycles. The van der Waals surface area contributed by atoms with E-state index in [1.165, 1.54) is 12.1 Å². The highest BCUT2D eigenvalue weighted by Gasteiger charge is 2.56. The summed E-state index contributed by atoms with van der Waals surface area (Å²) < 4.78 is 12.0. The van der Waals surface area contributed by atoms with Gasteiger partial charge in [-0.2, -0.15) is 5.21 Å². The lowest BCUT2D eigenvalue weighted by Gasteiger charge is -2.19. The van der Waals surface area contributed by atoms with Crippen molar-refractivity contribution < 1.29 is 24.0 Å². The Morgan fingerprint density at radius 3 is 2.09 bits per heavy atom. The predicted molar refractivity (Wildman–Crippen MR) is 75.1 cm³/mol. The summed E-state index contributed by atoms with van der Waals surface area (Å²) in [5.74, 6) is -3.01. The van der Waals surface area contributed by atoms with Crippen molar-refractivity contribution in [3.63, 3.8) is 0 Å². The number of ketones is 1. The van der Waals surface area contributed by atoms with Gasteiger partial charge in [0.25, 0.3) is 0 Å². The molecular weight excluding hydrogens is 289 g/mol. The van der Waals surface area contributed by atoms with Crippen LogP contribution in [-0.2, 0) is 0 Å². The van der Waals surface area contributed by atoms with Gasteiger partial charge in [-0.25, -0.2) is 14.0 Å². The first-order valence-corrected chi connectivity index (χ1v) is 6.49. The van der Waals surface area contributed by atoms with E-state index >= 15 is 0 Å². The smallest absolute Gasteiger partial charge is 0.294 e. The van der Waals surface area contributed by atoms with Crippen molar-refractivity contribution in [2.75, 3.05) is 0 Å². The third-order valence-corrected chi connectivity index (χ3v) is 3.68. The minimum atomic E-state index is -1.63. The zero-order valence-electron chi connectivity index (χ0n) is 11.5. The Kier molecular flexibility index (Phi) is 3.01. The van der Waals surface area contributed by atoms with Gasteiger partial charge in [0.15, 0.2) is 11.5 Å². The van der Waals surface area contributed by atoms with Gasteiger partial charge < -0.3 is 0 Å². The predicted octanol–water partition coefficient (Wildman–Crippen LogP) is 2.72. The molecule has 2 amide bonds. The van der Waals surface area contributed by atoms with Crippen LogP contribution in [0.1, 0.15) is 38.0 Å². The summed E-state index contributed by atoms with van der Waals surface area (Å²) in [4.78, 5) is 36.3. The molecule has 0 radical (unpaired) electrons. The second-order valence-corrected chi connectivity index (χ2v) is 5.01. The molecule has 1 aliphatic rings. The number of quaternary nitrogens is 1. The van der Waals surface area contributed by atoms with E-state index in [1.54, 1.807) is 12.1 Å². The fourth-order valence-corrected chi connectivity index (χ4v) is 2.52. The molecule has 2 aromatic rings. The topological polar surface area (TPSA) is 71.4 Å². The largest absolute Gasteiger partial charge is 0.392 e. The van der Waals surface area contributed by atoms with Gasteiger partial charge in [0.2, 0.25) is 0 Å². The maximum absolute atomic E-state index is 13.6. The molecule has 0 spiro atoms. The van der Waals surface area contributed by atoms with Crippen molar-refractivity contribution >= 4 is 23.3 Å². The minimum Gasteiger partial charge on any atom is -0.294 e. The first-order valence-electron chi connectivity index (χ1n) is 6.49. The number of amides is 2. The number of nitrogens with zero attached hydrogens (tertiary/aromatic N) is 1. The molecule has 0 saturated heterocycles. The van der Waals surface area contributed by atoms with Gasteiger partial charge in [0.05, 0.1) is 5.56 Å². The van der Waals surface area contributed by atoms with E-state index in [4.69, 9.17) is 0 Å². The zero-order valence-corrected chi connectivity index (χ0v) is 11.5. The number of hydroxylamine groups is 2. The van der Waals surface area contributed by atoms with Gasteiger partial charge >= 0.3 is 11.8 Å². The second kappa shape index (κ2) is 4.66. The highest BCUT2D eigenvalue weighted by atomic mass is 19.1. The number of fused-ring (bicyclic) bond motifs is 1. The van der Waals surface area contributed by atoms with Crippen LogP contribution in [0.25, 0.3) is 0 Å². The third-order valence-electron chi connectivity index (χ3n) is 3.68. The number of benzene rings is 2. The molecular formula is C16H11FNO4+. The summed E-state index contributed by atoms with van der Waals surface area (Å²) in [7, 11) is 0. The Balaban J connectivity index is 2.21. The fourth-order valence-electron chi connectivity index (χ4n) is 2.52. The number of Topliss-reactive ketones (excluding diaryl/α,β-unsaturated/α-hetero) is 1. The van der Waals surface area contributed by atoms with Crippen LogP contribution in [0.4, 0.5) is 10.1 Å². The van der Waals surface area contributed by atoms with Crippen molar-refractivity contribution in [3.05, 3.63) is 65.0 Å². The highest BCUT2D eigenvalue weighted by Crippen LogP contribution is 2.34. The Bertz CT molecular complexity index is 809. The van der Waals surface area contributed by atoms with Crippen LogP contribution >= 0.6 is 0 Å². The molecule has 3 rings (SSSR count). The Labute approximate surface area is 124 Å². The molecule has 0 fully saturated rings. The van der Waals surface area contributed by atoms with Crippen molar-refractivity contribution in [1.29, 1.82) is 0 Å². The Hall–Kier alpha value is -2.70. The van der Waals surface area contributed by atoms with E-state index in [0.29, 0.717) is 0 Å². The maximum atomic E-state index is 13.6. The molecule has 1 aliphatic heterocycles. The van der Waals surface area contributed by atoms with Crippen LogP contribution in [-0.4, -0.2) is 22.8 Å². The van der Waals surface area contributed by atoms with Crippen molar-refractivity contribution in [1.82, 2.24) is 4.65 Å². The van der Waals surface area contributed by atoms with E-state index in [1.807, 2.05) is 0 Å². The molecule has 2 aromatic carbocycles. The monoisotopic (exact) mass is 300 g/mol. The SMILES string of the molecule is CC(=O)c1cc([N+]2(O)C(=O)c3ccccc3C2=O)ccc1F. The third kappa shape index (κ3) is 1.75. The Morgan fingerprint density at radius 1 is 1.05 bits per heavy atom. The zero-order chi connectivity index (χ0) is 16.1. The van der Waals surface area contributed by atoms with Crippen LogP contribution in [0.15, 0.2) is 42.5 Å². The van der Waals surface area contributed by atoms with Gasteiger partial charge in [-0.15, -0.1) is 0 Å². The molecule has 0 bridgehead atoms. The van der Waals surface area contributed by atoms with Crippen LogP contribution < -0.4 is 4.65 Å². The molecule has 0 aliphatic carbocycles. The number of carbonyl (C=O) groups excluding carboxylic acids is 3. The van der Waals surface area contributed by atoms with Crippen LogP contribution in [0, 0.1) is 5.82 Å². The minimum absolute atomic E-state index is 0.0868. The van der Waals surface area contributed by atoms with Crippen molar-refractivity contribution in [2.45, 2.75) is 6.92 Å². The Morgan fingerprint density at radius 2 is 1.59 bits per heavy atom. The van der Waals surface area contributed by atoms with E-state index in [0.717, 1.165) is 25.1 Å². The van der Waals surface area contributed by atoms with E-state index in [9.17, 15) is 24.0 Å². The normalized spacial score (nSPS) is 15.8. The molecule has 1 N–H and O–H groups in total. The number of hydrogen-bond donors (Lipinski definition) is 1. The lowest BCUT2D eigenvalue weighted by molar-refractivity contribution is -0.0278. The standard InChI is InChI=1S/C16H11FNO4/c1-9(19)13-8-10(6-7-14(13)17)18(22)15(20)11-4-2-3-5-12(11)16(18)21/h2-8,22H,1H3/q+1. The lowest BCUT2D eigenvalue weighted by Crippen LogP contribution is -2.51. The van der Waals surface area contributed by atoms with Gasteiger partial charge in [0, 0.05) is 12.1 Å². The van der Waals surface area contributed by atoms with Gasteiger partial charge in [-0.1, -0.05) is 12.1 Å². The average Bonchev–Trinajstić information content (AvgIpc) is 2.71. The summed E-state index contributed by atoms with van der Waals surface area (Å²) in [5, 5.41) is 10.6. The summed E-state index contributed by atoms with van der Waals surface area (Å²) in [6.07, 6.45) is 0. The van der Waals surface area contributed by atoms with Crippen LogP contribution in [0.5, 0.6) is 0 Å². The number of imide groups is 1. The fraction of sp³-hybridized carbons (Fsp3) is 0.0625. The maximum Gasteiger partial charge on any atom is 0.392 e. The lowest BCUT2D eigenvalue weighted by atomic mass is 10.1. The molecule has 6 heteroatoms. The first kappa shape index (κ1) is 14.2. The molecule has 0 aromatic heterocycles. The van der Waals surface area contributed by atoms with Crippen molar-refractivity contribution in [3.8, 4) is 0 Å². The van der Waals surface area contributed by atoms with E-state index in [2.05, 4.69) is 0 Å². The summed E-state index contributed by atoms with van der Waals surface area (Å²) in [5.41, 5.74) is -0.286. The highest BCUT2D eigenvalue weighted by molar-refractivity contribution is 6.28. The van der Waals surface area contributed by atoms with Gasteiger partial charge in [-0.3, -0.25) is 4.79 Å². The van der Waals surface area contributed by atoms with Gasteiger partial charge in [0.1, 0.15) is 16.9 Å². The van der Waals surface area contributed by atoms with Gasteiger partial charge in [-0.05, 0) is 29.8 Å². The average molecular weight is 300 g/mol. The van der Waals surface area contributed by atoms with Crippen LogP contribution in [0.3, 0.4) is 0 Å². The van der Waals surface area contributed by atoms with Crippen molar-refractivity contribution in [2.24, 2.45) is 0 Å². The molecule has 110 valence electrons. The molecule has 0 unspecified atom stereocenters. The molecule has 22 heavy (non-hydrogen) atoms. The molecule has 5 nitrogen and oxygen atoms in total. The number of hydrogen-bond acceptors (Lipinski definition) is 4. The summed E-state index contributed by atoms with van der Waals surface area (Å²) in [6.45, 7) is 1.16. The number of rotatable bonds is 2. The quantitative estimate of drug-likeness (QED) is 0.400. The van der Waals surface area contributed by atoms with E-state index in [-0.39, 0.29) is 22.4 Å². The van der Waals surface area contributed by atoms with Crippen LogP contribution in [0.2, 0.25) is 0 Å². The first-order chi connectivity index (χ1) is 10.4. The van der Waals surface area contributed by atoms with E-state index < -0.39 is 28.1 Å².